The van der Waals surface area contributed by atoms with Crippen molar-refractivity contribution in [1.82, 2.24) is 29.9 Å². The van der Waals surface area contributed by atoms with Gasteiger partial charge < -0.3 is 0 Å². The minimum absolute atomic E-state index is 0.0413. The van der Waals surface area contributed by atoms with E-state index in [9.17, 15) is 24.0 Å². The maximum absolute atomic E-state index is 11.0. The highest BCUT2D eigenvalue weighted by Crippen LogP contribution is 1.90. The molecule has 4 rings (SSSR count). The Bertz CT molecular complexity index is 1380. The van der Waals surface area contributed by atoms with E-state index < -0.39 is 28.2 Å². The van der Waals surface area contributed by atoms with Crippen LogP contribution in [0.4, 0.5) is 0 Å². The lowest BCUT2D eigenvalue weighted by Crippen LogP contribution is -2.46. The average Bonchev–Trinajstić information content (AvgIpc) is 3.01. The van der Waals surface area contributed by atoms with Crippen LogP contribution in [-0.4, -0.2) is 29.9 Å². The lowest BCUT2D eigenvalue weighted by atomic mass is 10.5. The van der Waals surface area contributed by atoms with Gasteiger partial charge in [0.05, 0.1) is 0 Å². The van der Waals surface area contributed by atoms with E-state index in [0.717, 1.165) is 0 Å². The number of hydrogen-bond donors (Lipinski definition) is 6. The zero-order chi connectivity index (χ0) is 17.4. The number of nitrogens with one attached hydrogen (secondary N) is 6. The molecule has 0 amide bonds. The Morgan fingerprint density at radius 1 is 0.667 bits per heavy atom. The molecule has 1 aliphatic rings. The van der Waals surface area contributed by atoms with Crippen LogP contribution in [0.2, 0.25) is 0 Å². The topological polar surface area (TPSA) is 205 Å². The van der Waals surface area contributed by atoms with Gasteiger partial charge in [0.15, 0.2) is 10.8 Å². The van der Waals surface area contributed by atoms with Crippen LogP contribution in [0.25, 0.3) is 11.2 Å². The standard InChI is InChI=1S/C6H4N4O2.C5H4N4O3/c1-2-7-3-4(8-2)9-6(12)10-5(3)11;10-3-1-2(7-4(11)6-1)8-5(12)9-3/h1H2,(H2,8,9,10,11,12);(H4,6,7,8,9,10,11,12). The van der Waals surface area contributed by atoms with Crippen LogP contribution in [0.15, 0.2) is 46.4 Å². The summed E-state index contributed by atoms with van der Waals surface area (Å²) in [6.07, 6.45) is 0. The molecule has 122 valence electrons. The molecule has 13 heteroatoms. The molecule has 3 aromatic rings. The number of hydrogen-bond acceptors (Lipinski definition) is 7. The van der Waals surface area contributed by atoms with Gasteiger partial charge in [0, 0.05) is 0 Å². The van der Waals surface area contributed by atoms with E-state index in [1.165, 1.54) is 0 Å². The van der Waals surface area contributed by atoms with Gasteiger partial charge in [-0.05, 0) is 0 Å². The van der Waals surface area contributed by atoms with Crippen molar-refractivity contribution < 1.29 is 0 Å². The van der Waals surface area contributed by atoms with Crippen molar-refractivity contribution in [3.8, 4) is 0 Å². The summed E-state index contributed by atoms with van der Waals surface area (Å²) < 4.78 is 0. The second kappa shape index (κ2) is 5.31. The van der Waals surface area contributed by atoms with Crippen LogP contribution in [-0.2, 0) is 0 Å². The largest absolute Gasteiger partial charge is 0.327 e. The molecule has 13 nitrogen and oxygen atoms in total. The normalized spacial score (nSPS) is 12.1. The summed E-state index contributed by atoms with van der Waals surface area (Å²) in [5.74, 6) is 0.220. The van der Waals surface area contributed by atoms with Crippen molar-refractivity contribution in [2.45, 2.75) is 0 Å². The SMILES string of the molecule is C=C1N=c2[nH]c(=O)[nH]c(=O)c2=N1.O=c1[nH]c(=O)c2[nH]c(=O)[nH]c2[nH]1. The fourth-order valence-electron chi connectivity index (χ4n) is 1.89. The number of nitrogens with zero attached hydrogens (tertiary/aromatic N) is 2. The molecule has 0 atom stereocenters. The molecule has 1 aliphatic heterocycles. The molecule has 0 radical (unpaired) electrons. The van der Waals surface area contributed by atoms with Gasteiger partial charge >= 0.3 is 17.1 Å². The molecule has 0 spiro atoms. The molecule has 0 aromatic carbocycles. The lowest BCUT2D eigenvalue weighted by molar-refractivity contribution is 0.952. The number of H-pyrrole nitrogens is 6. The molecule has 0 aliphatic carbocycles. The maximum atomic E-state index is 11.0. The van der Waals surface area contributed by atoms with Gasteiger partial charge in [0.2, 0.25) is 0 Å². The Labute approximate surface area is 127 Å². The minimum Gasteiger partial charge on any atom is -0.300 e. The average molecular weight is 332 g/mol. The van der Waals surface area contributed by atoms with Gasteiger partial charge in [0.1, 0.15) is 17.0 Å². The van der Waals surface area contributed by atoms with Gasteiger partial charge in [-0.3, -0.25) is 39.5 Å². The van der Waals surface area contributed by atoms with Crippen LogP contribution < -0.4 is 39.0 Å². The molecular formula is C11H8N8O5. The summed E-state index contributed by atoms with van der Waals surface area (Å²) in [6.45, 7) is 3.43. The first-order valence-corrected chi connectivity index (χ1v) is 6.27. The van der Waals surface area contributed by atoms with Crippen molar-refractivity contribution in [1.29, 1.82) is 0 Å². The summed E-state index contributed by atoms with van der Waals surface area (Å²) in [7, 11) is 0. The summed E-state index contributed by atoms with van der Waals surface area (Å²) >= 11 is 0. The summed E-state index contributed by atoms with van der Waals surface area (Å²) in [6, 6.07) is 0. The Balaban J connectivity index is 0.000000141. The predicted octanol–water partition coefficient (Wildman–Crippen LogP) is -3.98. The molecule has 0 unspecified atom stereocenters. The smallest absolute Gasteiger partial charge is 0.300 e. The highest BCUT2D eigenvalue weighted by molar-refractivity contribution is 5.67. The van der Waals surface area contributed by atoms with E-state index in [2.05, 4.69) is 36.5 Å². The first-order chi connectivity index (χ1) is 11.3. The molecule has 0 fully saturated rings. The number of aromatic nitrogens is 6. The van der Waals surface area contributed by atoms with Gasteiger partial charge in [-0.15, -0.1) is 0 Å². The first kappa shape index (κ1) is 14.9. The number of aromatic amines is 6. The van der Waals surface area contributed by atoms with Crippen LogP contribution in [0.3, 0.4) is 0 Å². The van der Waals surface area contributed by atoms with Crippen molar-refractivity contribution in [3.63, 3.8) is 0 Å². The van der Waals surface area contributed by atoms with Gasteiger partial charge in [0.25, 0.3) is 11.1 Å². The second-order valence-corrected chi connectivity index (χ2v) is 4.48. The van der Waals surface area contributed by atoms with Gasteiger partial charge in [-0.2, -0.15) is 0 Å². The van der Waals surface area contributed by atoms with Crippen molar-refractivity contribution in [2.75, 3.05) is 0 Å². The molecule has 6 N–H and O–H groups in total. The van der Waals surface area contributed by atoms with Crippen LogP contribution in [0, 0.1) is 0 Å². The van der Waals surface area contributed by atoms with E-state index in [1.807, 2.05) is 9.97 Å². The minimum atomic E-state index is -0.650. The van der Waals surface area contributed by atoms with Gasteiger partial charge in [-0.25, -0.2) is 24.4 Å². The van der Waals surface area contributed by atoms with Crippen molar-refractivity contribution in [2.24, 2.45) is 9.98 Å². The summed E-state index contributed by atoms with van der Waals surface area (Å²) in [5, 5.41) is 0.111. The second-order valence-electron chi connectivity index (χ2n) is 4.48. The monoisotopic (exact) mass is 332 g/mol. The molecular weight excluding hydrogens is 324 g/mol. The van der Waals surface area contributed by atoms with E-state index in [4.69, 9.17) is 0 Å². The van der Waals surface area contributed by atoms with Crippen molar-refractivity contribution in [3.05, 3.63) is 75.4 Å². The van der Waals surface area contributed by atoms with Gasteiger partial charge in [-0.1, -0.05) is 6.58 Å². The van der Waals surface area contributed by atoms with E-state index in [0.29, 0.717) is 0 Å². The highest BCUT2D eigenvalue weighted by atomic mass is 16.2. The Hall–Kier alpha value is -4.03. The number of imidazole rings is 1. The number of fused-ring (bicyclic) bond motifs is 2. The Kier molecular flexibility index (Phi) is 3.29. The molecule has 0 saturated carbocycles. The van der Waals surface area contributed by atoms with E-state index in [-0.39, 0.29) is 27.8 Å². The fraction of sp³-hybridized carbons (Fsp3) is 0. The third kappa shape index (κ3) is 2.68. The van der Waals surface area contributed by atoms with Crippen LogP contribution in [0.1, 0.15) is 0 Å². The first-order valence-electron chi connectivity index (χ1n) is 6.27. The number of rotatable bonds is 0. The van der Waals surface area contributed by atoms with E-state index >= 15 is 0 Å². The Morgan fingerprint density at radius 3 is 1.96 bits per heavy atom. The predicted molar refractivity (Wildman–Crippen MR) is 79.3 cm³/mol. The highest BCUT2D eigenvalue weighted by Gasteiger charge is 2.04. The lowest BCUT2D eigenvalue weighted by Gasteiger charge is -1.83. The molecule has 0 saturated heterocycles. The summed E-state index contributed by atoms with van der Waals surface area (Å²) in [5.41, 5.74) is -2.61. The zero-order valence-corrected chi connectivity index (χ0v) is 11.6. The third-order valence-electron chi connectivity index (χ3n) is 2.80. The Morgan fingerprint density at radius 2 is 1.25 bits per heavy atom. The maximum Gasteiger partial charge on any atom is 0.327 e. The fourth-order valence-corrected chi connectivity index (χ4v) is 1.89. The molecule has 24 heavy (non-hydrogen) atoms. The van der Waals surface area contributed by atoms with Crippen LogP contribution in [0.5, 0.6) is 0 Å². The molecule has 0 bridgehead atoms. The molecule has 3 aromatic heterocycles. The molecule has 4 heterocycles. The van der Waals surface area contributed by atoms with Crippen molar-refractivity contribution >= 4 is 11.2 Å². The van der Waals surface area contributed by atoms with Crippen LogP contribution >= 0.6 is 0 Å². The third-order valence-corrected chi connectivity index (χ3v) is 2.80. The summed E-state index contributed by atoms with van der Waals surface area (Å²) in [4.78, 5) is 74.5. The zero-order valence-electron chi connectivity index (χ0n) is 11.6. The quantitative estimate of drug-likeness (QED) is 0.243. The van der Waals surface area contributed by atoms with E-state index in [1.54, 1.807) is 0 Å².